The normalized spacial score (nSPS) is 10.6. The molecule has 90 valence electrons. The van der Waals surface area contributed by atoms with Gasteiger partial charge in [0.15, 0.2) is 0 Å². The minimum Gasteiger partial charge on any atom is -0.381 e. The van der Waals surface area contributed by atoms with Gasteiger partial charge in [0.2, 0.25) is 0 Å². The molecule has 2 rings (SSSR count). The van der Waals surface area contributed by atoms with E-state index in [2.05, 4.69) is 10.5 Å². The Morgan fingerprint density at radius 3 is 2.35 bits per heavy atom. The van der Waals surface area contributed by atoms with E-state index in [1.54, 1.807) is 6.92 Å². The van der Waals surface area contributed by atoms with E-state index in [9.17, 15) is 8.78 Å². The summed E-state index contributed by atoms with van der Waals surface area (Å²) < 4.78 is 30.9. The third kappa shape index (κ3) is 2.61. The summed E-state index contributed by atoms with van der Waals surface area (Å²) >= 11 is 0. The van der Waals surface area contributed by atoms with Gasteiger partial charge in [-0.25, -0.2) is 8.78 Å². The molecular weight excluding hydrogens is 226 g/mol. The van der Waals surface area contributed by atoms with Gasteiger partial charge in [0.05, 0.1) is 5.69 Å². The van der Waals surface area contributed by atoms with Crippen LogP contribution >= 0.6 is 0 Å². The van der Waals surface area contributed by atoms with Crippen molar-refractivity contribution in [2.45, 2.75) is 20.4 Å². The van der Waals surface area contributed by atoms with E-state index < -0.39 is 11.6 Å². The second-order valence-corrected chi connectivity index (χ2v) is 3.81. The summed E-state index contributed by atoms with van der Waals surface area (Å²) in [6.45, 7) is 4.03. The van der Waals surface area contributed by atoms with Crippen molar-refractivity contribution in [2.75, 3.05) is 5.32 Å². The van der Waals surface area contributed by atoms with E-state index in [4.69, 9.17) is 4.52 Å². The summed E-state index contributed by atoms with van der Waals surface area (Å²) in [6, 6.07) is 3.31. The van der Waals surface area contributed by atoms with Gasteiger partial charge in [-0.05, 0) is 26.0 Å². The van der Waals surface area contributed by atoms with Gasteiger partial charge in [0, 0.05) is 23.9 Å². The first-order chi connectivity index (χ1) is 8.06. The lowest BCUT2D eigenvalue weighted by Gasteiger charge is -2.06. The van der Waals surface area contributed by atoms with Gasteiger partial charge in [-0.15, -0.1) is 0 Å². The number of hydrogen-bond donors (Lipinski definition) is 1. The molecule has 0 atom stereocenters. The van der Waals surface area contributed by atoms with Gasteiger partial charge < -0.3 is 9.84 Å². The number of nitrogens with one attached hydrogen (secondary N) is 1. The first-order valence-corrected chi connectivity index (χ1v) is 5.18. The van der Waals surface area contributed by atoms with E-state index in [0.717, 1.165) is 17.3 Å². The minimum atomic E-state index is -0.605. The first-order valence-electron chi connectivity index (χ1n) is 5.18. The fraction of sp³-hybridized carbons (Fsp3) is 0.250. The van der Waals surface area contributed by atoms with Gasteiger partial charge in [0.1, 0.15) is 17.4 Å². The lowest BCUT2D eigenvalue weighted by atomic mass is 10.2. The van der Waals surface area contributed by atoms with E-state index in [1.165, 1.54) is 12.1 Å². The number of aromatic nitrogens is 1. The van der Waals surface area contributed by atoms with Gasteiger partial charge in [-0.3, -0.25) is 0 Å². The monoisotopic (exact) mass is 238 g/mol. The quantitative estimate of drug-likeness (QED) is 0.892. The maximum absolute atomic E-state index is 12.9. The third-order valence-electron chi connectivity index (χ3n) is 2.51. The molecule has 0 aliphatic rings. The molecule has 1 N–H and O–H groups in total. The van der Waals surface area contributed by atoms with E-state index in [0.29, 0.717) is 18.0 Å². The molecule has 0 saturated carbocycles. The van der Waals surface area contributed by atoms with Crippen LogP contribution in [0.1, 0.15) is 17.0 Å². The summed E-state index contributed by atoms with van der Waals surface area (Å²) in [5, 5.41) is 6.73. The Labute approximate surface area is 97.4 Å². The molecule has 17 heavy (non-hydrogen) atoms. The fourth-order valence-electron chi connectivity index (χ4n) is 1.60. The van der Waals surface area contributed by atoms with Crippen molar-refractivity contribution in [3.8, 4) is 0 Å². The molecule has 5 heteroatoms. The highest BCUT2D eigenvalue weighted by Gasteiger charge is 2.08. The largest absolute Gasteiger partial charge is 0.381 e. The van der Waals surface area contributed by atoms with Crippen molar-refractivity contribution in [3.63, 3.8) is 0 Å². The van der Waals surface area contributed by atoms with Gasteiger partial charge in [-0.1, -0.05) is 5.16 Å². The molecule has 0 unspecified atom stereocenters. The van der Waals surface area contributed by atoms with Crippen LogP contribution in [-0.2, 0) is 6.54 Å². The summed E-state index contributed by atoms with van der Waals surface area (Å²) in [7, 11) is 0. The summed E-state index contributed by atoms with van der Waals surface area (Å²) in [4.78, 5) is 0. The summed E-state index contributed by atoms with van der Waals surface area (Å²) in [6.07, 6.45) is 0. The van der Waals surface area contributed by atoms with Crippen molar-refractivity contribution in [1.82, 2.24) is 5.16 Å². The molecule has 1 aromatic carbocycles. The Balaban J connectivity index is 2.12. The highest BCUT2D eigenvalue weighted by molar-refractivity contribution is 5.44. The number of hydrogen-bond acceptors (Lipinski definition) is 3. The molecule has 0 bridgehead atoms. The highest BCUT2D eigenvalue weighted by Crippen LogP contribution is 2.17. The summed E-state index contributed by atoms with van der Waals surface area (Å²) in [5.41, 5.74) is 2.06. The van der Waals surface area contributed by atoms with Crippen molar-refractivity contribution < 1.29 is 13.3 Å². The first kappa shape index (κ1) is 11.6. The molecule has 0 aliphatic carbocycles. The summed E-state index contributed by atoms with van der Waals surface area (Å²) in [5.74, 6) is -0.510. The predicted octanol–water partition coefficient (Wildman–Crippen LogP) is 3.18. The van der Waals surface area contributed by atoms with Crippen molar-refractivity contribution >= 4 is 5.69 Å². The van der Waals surface area contributed by atoms with Crippen molar-refractivity contribution in [1.29, 1.82) is 0 Å². The van der Waals surface area contributed by atoms with Crippen LogP contribution < -0.4 is 5.32 Å². The fourth-order valence-corrected chi connectivity index (χ4v) is 1.60. The molecule has 0 radical (unpaired) electrons. The number of halogens is 2. The van der Waals surface area contributed by atoms with E-state index in [-0.39, 0.29) is 0 Å². The molecule has 2 aromatic rings. The van der Waals surface area contributed by atoms with E-state index in [1.807, 2.05) is 6.92 Å². The smallest absolute Gasteiger partial charge is 0.138 e. The molecule has 3 nitrogen and oxygen atoms in total. The Kier molecular flexibility index (Phi) is 3.08. The lowest BCUT2D eigenvalue weighted by Crippen LogP contribution is -2.02. The van der Waals surface area contributed by atoms with Crippen LogP contribution in [0.2, 0.25) is 0 Å². The maximum Gasteiger partial charge on any atom is 0.138 e. The second-order valence-electron chi connectivity index (χ2n) is 3.81. The molecule has 0 aliphatic heterocycles. The zero-order chi connectivity index (χ0) is 12.4. The second kappa shape index (κ2) is 4.53. The van der Waals surface area contributed by atoms with Crippen LogP contribution in [0, 0.1) is 25.5 Å². The topological polar surface area (TPSA) is 38.1 Å². The van der Waals surface area contributed by atoms with Crippen molar-refractivity contribution in [2.24, 2.45) is 0 Å². The number of anilines is 1. The molecule has 0 saturated heterocycles. The highest BCUT2D eigenvalue weighted by atomic mass is 19.1. The number of aryl methyl sites for hydroxylation is 2. The number of benzene rings is 1. The van der Waals surface area contributed by atoms with Gasteiger partial charge in [-0.2, -0.15) is 0 Å². The van der Waals surface area contributed by atoms with Gasteiger partial charge >= 0.3 is 0 Å². The molecule has 0 fully saturated rings. The van der Waals surface area contributed by atoms with Crippen LogP contribution in [0.15, 0.2) is 22.7 Å². The predicted molar refractivity (Wildman–Crippen MR) is 59.7 cm³/mol. The molecular formula is C12H12F2N2O. The SMILES string of the molecule is Cc1noc(C)c1CNc1cc(F)cc(F)c1. The maximum atomic E-state index is 12.9. The van der Waals surface area contributed by atoms with Crippen LogP contribution in [0.25, 0.3) is 0 Å². The standard InChI is InChI=1S/C12H12F2N2O/c1-7-12(8(2)17-16-7)6-15-11-4-9(13)3-10(14)5-11/h3-5,15H,6H2,1-2H3. The Hall–Kier alpha value is -1.91. The Morgan fingerprint density at radius 2 is 1.82 bits per heavy atom. The average Bonchev–Trinajstić information content (AvgIpc) is 2.55. The molecule has 1 aromatic heterocycles. The van der Waals surface area contributed by atoms with Gasteiger partial charge in [0.25, 0.3) is 0 Å². The van der Waals surface area contributed by atoms with Crippen LogP contribution in [0.4, 0.5) is 14.5 Å². The Bertz CT molecular complexity index is 498. The zero-order valence-electron chi connectivity index (χ0n) is 9.55. The van der Waals surface area contributed by atoms with Crippen molar-refractivity contribution in [3.05, 3.63) is 46.9 Å². The zero-order valence-corrected chi connectivity index (χ0v) is 9.55. The Morgan fingerprint density at radius 1 is 1.18 bits per heavy atom. The number of rotatable bonds is 3. The van der Waals surface area contributed by atoms with Crippen LogP contribution in [0.3, 0.4) is 0 Å². The third-order valence-corrected chi connectivity index (χ3v) is 2.51. The number of nitrogens with zero attached hydrogens (tertiary/aromatic N) is 1. The van der Waals surface area contributed by atoms with E-state index >= 15 is 0 Å². The molecule has 0 spiro atoms. The van der Waals surface area contributed by atoms with Crippen LogP contribution in [-0.4, -0.2) is 5.16 Å². The molecule has 1 heterocycles. The lowest BCUT2D eigenvalue weighted by molar-refractivity contribution is 0.392. The average molecular weight is 238 g/mol. The molecule has 0 amide bonds. The van der Waals surface area contributed by atoms with Crippen LogP contribution in [0.5, 0.6) is 0 Å². The minimum absolute atomic E-state index is 0.391.